The molecule has 0 heterocycles. The Morgan fingerprint density at radius 3 is 2.21 bits per heavy atom. The molecule has 0 bridgehead atoms. The van der Waals surface area contributed by atoms with Gasteiger partial charge in [0, 0.05) is 14.2 Å². The van der Waals surface area contributed by atoms with Gasteiger partial charge in [-0.15, -0.1) is 0 Å². The Kier molecular flexibility index (Phi) is 3.24. The molecule has 1 aliphatic rings. The molecule has 0 radical (unpaired) electrons. The van der Waals surface area contributed by atoms with Crippen molar-refractivity contribution in [3.63, 3.8) is 0 Å². The number of methoxy groups -OCH3 is 2. The van der Waals surface area contributed by atoms with Crippen LogP contribution in [0, 0.1) is 5.92 Å². The molecule has 0 aromatic carbocycles. The van der Waals surface area contributed by atoms with Crippen molar-refractivity contribution < 1.29 is 14.3 Å². The molecule has 0 aliphatic heterocycles. The van der Waals surface area contributed by atoms with Gasteiger partial charge >= 0.3 is 0 Å². The molecule has 0 saturated carbocycles. The molecule has 0 fully saturated rings. The number of hydrogen-bond donors (Lipinski definition) is 0. The van der Waals surface area contributed by atoms with Crippen LogP contribution in [0.25, 0.3) is 0 Å². The minimum Gasteiger partial charge on any atom is -0.344 e. The molecular weight excluding hydrogens is 180 g/mol. The Morgan fingerprint density at radius 2 is 1.79 bits per heavy atom. The second kappa shape index (κ2) is 4.07. The van der Waals surface area contributed by atoms with Crippen LogP contribution in [0.1, 0.15) is 13.8 Å². The zero-order chi connectivity index (χ0) is 10.8. The molecule has 0 aromatic rings. The molecule has 0 atom stereocenters. The molecule has 0 spiro atoms. The summed E-state index contributed by atoms with van der Waals surface area (Å²) in [4.78, 5) is 11.6. The highest BCUT2D eigenvalue weighted by molar-refractivity contribution is 5.99. The Labute approximate surface area is 84.4 Å². The van der Waals surface area contributed by atoms with E-state index in [4.69, 9.17) is 9.47 Å². The summed E-state index contributed by atoms with van der Waals surface area (Å²) < 4.78 is 10.2. The van der Waals surface area contributed by atoms with Crippen molar-refractivity contribution in [1.29, 1.82) is 0 Å². The van der Waals surface area contributed by atoms with Crippen molar-refractivity contribution in [3.8, 4) is 0 Å². The lowest BCUT2D eigenvalue weighted by molar-refractivity contribution is -0.181. The monoisotopic (exact) mass is 196 g/mol. The topological polar surface area (TPSA) is 35.5 Å². The third-order valence-corrected chi connectivity index (χ3v) is 2.40. The van der Waals surface area contributed by atoms with Crippen molar-refractivity contribution in [3.05, 3.63) is 23.8 Å². The predicted octanol–water partition coefficient (Wildman–Crippen LogP) is 1.70. The molecule has 3 nitrogen and oxygen atoms in total. The average molecular weight is 196 g/mol. The van der Waals surface area contributed by atoms with Crippen LogP contribution in [0.4, 0.5) is 0 Å². The number of hydrogen-bond acceptors (Lipinski definition) is 3. The van der Waals surface area contributed by atoms with E-state index < -0.39 is 5.79 Å². The highest BCUT2D eigenvalue weighted by Gasteiger charge is 2.37. The third kappa shape index (κ3) is 1.79. The molecule has 0 amide bonds. The van der Waals surface area contributed by atoms with Gasteiger partial charge in [0.05, 0.1) is 0 Å². The van der Waals surface area contributed by atoms with E-state index in [1.54, 1.807) is 6.08 Å². The van der Waals surface area contributed by atoms with Crippen molar-refractivity contribution >= 4 is 5.78 Å². The highest BCUT2D eigenvalue weighted by Crippen LogP contribution is 2.26. The number of allylic oxidation sites excluding steroid dienone is 2. The van der Waals surface area contributed by atoms with Crippen molar-refractivity contribution in [2.75, 3.05) is 14.2 Å². The lowest BCUT2D eigenvalue weighted by Gasteiger charge is -2.28. The number of ketones is 1. The summed E-state index contributed by atoms with van der Waals surface area (Å²) in [6, 6.07) is 0. The summed E-state index contributed by atoms with van der Waals surface area (Å²) >= 11 is 0. The summed E-state index contributed by atoms with van der Waals surface area (Å²) in [5.41, 5.74) is 1.05. The summed E-state index contributed by atoms with van der Waals surface area (Å²) in [6.07, 6.45) is 5.05. The van der Waals surface area contributed by atoms with Gasteiger partial charge in [-0.3, -0.25) is 4.79 Å². The van der Waals surface area contributed by atoms with E-state index in [-0.39, 0.29) is 5.78 Å². The standard InChI is InChI=1S/C11H16O3/c1-8(2)9-5-6-10(12)11(7-9,13-3)14-4/h5-8H,1-4H3. The third-order valence-electron chi connectivity index (χ3n) is 2.40. The smallest absolute Gasteiger partial charge is 0.253 e. The molecule has 1 rings (SSSR count). The first kappa shape index (κ1) is 11.1. The van der Waals surface area contributed by atoms with Crippen LogP contribution in [0.5, 0.6) is 0 Å². The first-order valence-corrected chi connectivity index (χ1v) is 4.61. The van der Waals surface area contributed by atoms with Gasteiger partial charge in [0.2, 0.25) is 5.78 Å². The van der Waals surface area contributed by atoms with Crippen molar-refractivity contribution in [2.45, 2.75) is 19.6 Å². The minimum absolute atomic E-state index is 0.174. The molecular formula is C11H16O3. The lowest BCUT2D eigenvalue weighted by atomic mass is 9.93. The van der Waals surface area contributed by atoms with E-state index >= 15 is 0 Å². The van der Waals surface area contributed by atoms with Crippen LogP contribution in [-0.2, 0) is 14.3 Å². The van der Waals surface area contributed by atoms with Crippen LogP contribution in [0.3, 0.4) is 0 Å². The quantitative estimate of drug-likeness (QED) is 0.644. The molecule has 1 aliphatic carbocycles. The van der Waals surface area contributed by atoms with Crippen LogP contribution in [-0.4, -0.2) is 25.8 Å². The molecule has 0 N–H and O–H groups in total. The van der Waals surface area contributed by atoms with Crippen LogP contribution in [0.2, 0.25) is 0 Å². The number of rotatable bonds is 3. The van der Waals surface area contributed by atoms with Gasteiger partial charge in [0.1, 0.15) is 0 Å². The van der Waals surface area contributed by atoms with E-state index in [1.165, 1.54) is 20.3 Å². The second-order valence-electron chi connectivity index (χ2n) is 3.57. The predicted molar refractivity (Wildman–Crippen MR) is 53.8 cm³/mol. The Balaban J connectivity index is 3.06. The normalized spacial score (nSPS) is 20.1. The Morgan fingerprint density at radius 1 is 1.21 bits per heavy atom. The van der Waals surface area contributed by atoms with E-state index in [0.717, 1.165) is 5.57 Å². The maximum absolute atomic E-state index is 11.6. The fraction of sp³-hybridized carbons (Fsp3) is 0.545. The molecule has 0 aromatic heterocycles. The summed E-state index contributed by atoms with van der Waals surface area (Å²) in [6.45, 7) is 4.12. The van der Waals surface area contributed by atoms with E-state index in [9.17, 15) is 4.79 Å². The zero-order valence-electron chi connectivity index (χ0n) is 9.03. The Hall–Kier alpha value is -0.930. The fourth-order valence-electron chi connectivity index (χ4n) is 1.39. The second-order valence-corrected chi connectivity index (χ2v) is 3.57. The lowest BCUT2D eigenvalue weighted by Crippen LogP contribution is -2.41. The maximum atomic E-state index is 11.6. The van der Waals surface area contributed by atoms with Gasteiger partial charge in [-0.25, -0.2) is 0 Å². The van der Waals surface area contributed by atoms with Gasteiger partial charge in [-0.2, -0.15) is 0 Å². The van der Waals surface area contributed by atoms with Gasteiger partial charge in [-0.1, -0.05) is 19.9 Å². The number of carbonyl (C=O) groups excluding carboxylic acids is 1. The molecule has 14 heavy (non-hydrogen) atoms. The van der Waals surface area contributed by atoms with Crippen LogP contribution < -0.4 is 0 Å². The van der Waals surface area contributed by atoms with Gasteiger partial charge in [0.25, 0.3) is 5.79 Å². The highest BCUT2D eigenvalue weighted by atomic mass is 16.7. The minimum atomic E-state index is -1.21. The summed E-state index contributed by atoms with van der Waals surface area (Å²) in [7, 11) is 2.93. The van der Waals surface area contributed by atoms with E-state index in [1.807, 2.05) is 6.08 Å². The summed E-state index contributed by atoms with van der Waals surface area (Å²) in [5.74, 6) is -1.04. The summed E-state index contributed by atoms with van der Waals surface area (Å²) in [5, 5.41) is 0. The van der Waals surface area contributed by atoms with Gasteiger partial charge in [-0.05, 0) is 23.6 Å². The van der Waals surface area contributed by atoms with Crippen molar-refractivity contribution in [2.24, 2.45) is 5.92 Å². The SMILES string of the molecule is COC1(OC)C=C(C(C)C)C=CC1=O. The largest absolute Gasteiger partial charge is 0.344 e. The van der Waals surface area contributed by atoms with Gasteiger partial charge < -0.3 is 9.47 Å². The number of carbonyl (C=O) groups is 1. The first-order chi connectivity index (χ1) is 6.55. The number of ether oxygens (including phenoxy) is 2. The molecule has 78 valence electrons. The van der Waals surface area contributed by atoms with Gasteiger partial charge in [0.15, 0.2) is 0 Å². The molecule has 0 unspecified atom stereocenters. The van der Waals surface area contributed by atoms with Crippen LogP contribution >= 0.6 is 0 Å². The molecule has 0 saturated heterocycles. The molecule has 3 heteroatoms. The first-order valence-electron chi connectivity index (χ1n) is 4.61. The van der Waals surface area contributed by atoms with E-state index in [2.05, 4.69) is 13.8 Å². The fourth-order valence-corrected chi connectivity index (χ4v) is 1.39. The Bertz CT molecular complexity index is 283. The van der Waals surface area contributed by atoms with Crippen molar-refractivity contribution in [1.82, 2.24) is 0 Å². The van der Waals surface area contributed by atoms with Crippen LogP contribution in [0.15, 0.2) is 23.8 Å². The zero-order valence-corrected chi connectivity index (χ0v) is 9.03. The van der Waals surface area contributed by atoms with E-state index in [0.29, 0.717) is 5.92 Å². The maximum Gasteiger partial charge on any atom is 0.253 e. The average Bonchev–Trinajstić information content (AvgIpc) is 2.19.